The second-order valence-corrected chi connectivity index (χ2v) is 5.79. The minimum Gasteiger partial charge on any atom is -0.452 e. The van der Waals surface area contributed by atoms with Gasteiger partial charge in [-0.2, -0.15) is 4.98 Å². The van der Waals surface area contributed by atoms with Crippen LogP contribution < -0.4 is 5.32 Å². The fraction of sp³-hybridized carbons (Fsp3) is 0.167. The zero-order chi connectivity index (χ0) is 20.3. The summed E-state index contributed by atoms with van der Waals surface area (Å²) < 4.78 is 23.7. The number of nitrogens with one attached hydrogen (secondary N) is 1. The zero-order valence-corrected chi connectivity index (χ0v) is 14.9. The number of ether oxygens (including phenoxy) is 1. The molecule has 1 aromatic heterocycles. The number of anilines is 1. The van der Waals surface area contributed by atoms with Gasteiger partial charge in [-0.05, 0) is 30.7 Å². The molecule has 28 heavy (non-hydrogen) atoms. The molecule has 0 aliphatic heterocycles. The first-order valence-electron chi connectivity index (χ1n) is 8.11. The molecule has 3 aromatic rings. The number of benzene rings is 2. The van der Waals surface area contributed by atoms with Crippen LogP contribution in [0.3, 0.4) is 0 Å². The lowest BCUT2D eigenvalue weighted by atomic mass is 10.1. The van der Waals surface area contributed by atoms with E-state index < -0.39 is 16.7 Å². The SMILES string of the molecule is CNc1ccc(C(=O)OCc2nc(-c3ccc(C)c(F)c3)no2)cc1[N+](=O)[O-]. The molecule has 0 saturated heterocycles. The van der Waals surface area contributed by atoms with Crippen LogP contribution in [0.25, 0.3) is 11.4 Å². The molecule has 2 aromatic carbocycles. The highest BCUT2D eigenvalue weighted by Gasteiger charge is 2.19. The van der Waals surface area contributed by atoms with Gasteiger partial charge in [-0.15, -0.1) is 0 Å². The Morgan fingerprint density at radius 3 is 2.79 bits per heavy atom. The van der Waals surface area contributed by atoms with Crippen LogP contribution in [0, 0.1) is 22.9 Å². The van der Waals surface area contributed by atoms with Crippen LogP contribution >= 0.6 is 0 Å². The molecular formula is C18H15FN4O5. The lowest BCUT2D eigenvalue weighted by Gasteiger charge is -2.05. The van der Waals surface area contributed by atoms with Gasteiger partial charge in [0, 0.05) is 18.7 Å². The number of carbonyl (C=O) groups is 1. The average Bonchev–Trinajstić information content (AvgIpc) is 3.16. The smallest absolute Gasteiger partial charge is 0.338 e. The van der Waals surface area contributed by atoms with Crippen molar-refractivity contribution < 1.29 is 23.4 Å². The van der Waals surface area contributed by atoms with Gasteiger partial charge < -0.3 is 14.6 Å². The Morgan fingerprint density at radius 1 is 1.32 bits per heavy atom. The molecule has 0 aliphatic carbocycles. The summed E-state index contributed by atoms with van der Waals surface area (Å²) in [6, 6.07) is 8.42. The van der Waals surface area contributed by atoms with Crippen molar-refractivity contribution in [3.63, 3.8) is 0 Å². The van der Waals surface area contributed by atoms with E-state index in [2.05, 4.69) is 15.5 Å². The molecule has 0 aliphatic rings. The van der Waals surface area contributed by atoms with Crippen molar-refractivity contribution in [2.24, 2.45) is 0 Å². The molecule has 0 bridgehead atoms. The van der Waals surface area contributed by atoms with E-state index in [9.17, 15) is 19.3 Å². The third-order valence-corrected chi connectivity index (χ3v) is 3.92. The minimum atomic E-state index is -0.785. The van der Waals surface area contributed by atoms with Crippen LogP contribution in [0.4, 0.5) is 15.8 Å². The van der Waals surface area contributed by atoms with Gasteiger partial charge in [0.2, 0.25) is 5.82 Å². The molecule has 1 N–H and O–H groups in total. The Labute approximate surface area is 158 Å². The highest BCUT2D eigenvalue weighted by Crippen LogP contribution is 2.25. The third kappa shape index (κ3) is 3.95. The Hall–Kier alpha value is -3.82. The Balaban J connectivity index is 1.70. The summed E-state index contributed by atoms with van der Waals surface area (Å²) in [4.78, 5) is 26.7. The molecule has 3 rings (SSSR count). The van der Waals surface area contributed by atoms with Crippen LogP contribution in [0.1, 0.15) is 21.8 Å². The standard InChI is InChI=1S/C18H15FN4O5/c1-10-3-4-11(7-13(10)19)17-21-16(28-22-17)9-27-18(24)12-5-6-14(20-2)15(8-12)23(25)26/h3-8,20H,9H2,1-2H3. The molecule has 0 fully saturated rings. The van der Waals surface area contributed by atoms with Crippen molar-refractivity contribution in [2.75, 3.05) is 12.4 Å². The van der Waals surface area contributed by atoms with Crippen LogP contribution in [0.15, 0.2) is 40.9 Å². The summed E-state index contributed by atoms with van der Waals surface area (Å²) in [6.45, 7) is 1.30. The number of nitrogens with zero attached hydrogens (tertiary/aromatic N) is 3. The first kappa shape index (κ1) is 19.0. The second kappa shape index (κ2) is 7.82. The molecule has 0 amide bonds. The van der Waals surface area contributed by atoms with Gasteiger partial charge in [-0.25, -0.2) is 9.18 Å². The minimum absolute atomic E-state index is 0.00526. The van der Waals surface area contributed by atoms with E-state index in [-0.39, 0.29) is 35.3 Å². The number of nitro groups is 1. The van der Waals surface area contributed by atoms with Gasteiger partial charge in [0.05, 0.1) is 10.5 Å². The number of esters is 1. The Kier molecular flexibility index (Phi) is 5.30. The maximum Gasteiger partial charge on any atom is 0.338 e. The normalized spacial score (nSPS) is 10.5. The van der Waals surface area contributed by atoms with E-state index >= 15 is 0 Å². The van der Waals surface area contributed by atoms with Gasteiger partial charge in [-0.3, -0.25) is 10.1 Å². The van der Waals surface area contributed by atoms with Gasteiger partial charge >= 0.3 is 5.97 Å². The highest BCUT2D eigenvalue weighted by molar-refractivity contribution is 5.91. The van der Waals surface area contributed by atoms with Crippen LogP contribution in [-0.4, -0.2) is 28.1 Å². The third-order valence-electron chi connectivity index (χ3n) is 3.92. The predicted octanol–water partition coefficient (Wildman–Crippen LogP) is 3.49. The topological polar surface area (TPSA) is 120 Å². The first-order chi connectivity index (χ1) is 13.4. The number of rotatable bonds is 6. The first-order valence-corrected chi connectivity index (χ1v) is 8.11. The molecule has 0 spiro atoms. The molecule has 9 nitrogen and oxygen atoms in total. The highest BCUT2D eigenvalue weighted by atomic mass is 19.1. The molecule has 1 heterocycles. The number of carbonyl (C=O) groups excluding carboxylic acids is 1. The summed E-state index contributed by atoms with van der Waals surface area (Å²) in [5.41, 5.74) is 0.931. The van der Waals surface area contributed by atoms with Gasteiger partial charge in [0.15, 0.2) is 6.61 Å². The number of hydrogen-bond donors (Lipinski definition) is 1. The summed E-state index contributed by atoms with van der Waals surface area (Å²) in [7, 11) is 1.54. The molecule has 10 heteroatoms. The molecule has 0 saturated carbocycles. The summed E-state index contributed by atoms with van der Waals surface area (Å²) >= 11 is 0. The molecular weight excluding hydrogens is 371 g/mol. The fourth-order valence-electron chi connectivity index (χ4n) is 2.39. The zero-order valence-electron chi connectivity index (χ0n) is 14.9. The van der Waals surface area contributed by atoms with Gasteiger partial charge in [-0.1, -0.05) is 17.3 Å². The summed E-state index contributed by atoms with van der Waals surface area (Å²) in [5.74, 6) is -1.03. The van der Waals surface area contributed by atoms with Gasteiger partial charge in [0.25, 0.3) is 11.6 Å². The van der Waals surface area contributed by atoms with E-state index in [4.69, 9.17) is 9.26 Å². The van der Waals surface area contributed by atoms with Crippen molar-refractivity contribution in [2.45, 2.75) is 13.5 Å². The fourth-order valence-corrected chi connectivity index (χ4v) is 2.39. The van der Waals surface area contributed by atoms with Crippen molar-refractivity contribution in [3.05, 3.63) is 69.3 Å². The van der Waals surface area contributed by atoms with Crippen LogP contribution in [-0.2, 0) is 11.3 Å². The molecule has 0 atom stereocenters. The largest absolute Gasteiger partial charge is 0.452 e. The lowest BCUT2D eigenvalue weighted by Crippen LogP contribution is -2.07. The maximum atomic E-state index is 13.6. The van der Waals surface area contributed by atoms with Crippen molar-refractivity contribution >= 4 is 17.3 Å². The maximum absolute atomic E-state index is 13.6. The average molecular weight is 386 g/mol. The van der Waals surface area contributed by atoms with E-state index in [1.807, 2.05) is 0 Å². The monoisotopic (exact) mass is 386 g/mol. The van der Waals surface area contributed by atoms with Crippen molar-refractivity contribution in [1.82, 2.24) is 10.1 Å². The van der Waals surface area contributed by atoms with Crippen LogP contribution in [0.5, 0.6) is 0 Å². The number of aromatic nitrogens is 2. The number of aryl methyl sites for hydroxylation is 1. The van der Waals surface area contributed by atoms with E-state index in [0.717, 1.165) is 6.07 Å². The second-order valence-electron chi connectivity index (χ2n) is 5.79. The van der Waals surface area contributed by atoms with Crippen LogP contribution in [0.2, 0.25) is 0 Å². The molecule has 144 valence electrons. The summed E-state index contributed by atoms with van der Waals surface area (Å²) in [6.07, 6.45) is 0. The predicted molar refractivity (Wildman–Crippen MR) is 96.2 cm³/mol. The van der Waals surface area contributed by atoms with E-state index in [0.29, 0.717) is 11.1 Å². The van der Waals surface area contributed by atoms with Crippen molar-refractivity contribution in [1.29, 1.82) is 0 Å². The van der Waals surface area contributed by atoms with E-state index in [1.54, 1.807) is 19.1 Å². The Morgan fingerprint density at radius 2 is 2.11 bits per heavy atom. The lowest BCUT2D eigenvalue weighted by molar-refractivity contribution is -0.384. The van der Waals surface area contributed by atoms with Gasteiger partial charge in [0.1, 0.15) is 11.5 Å². The number of nitro benzene ring substituents is 1. The summed E-state index contributed by atoms with van der Waals surface area (Å²) in [5, 5.41) is 17.5. The number of halogens is 1. The number of hydrogen-bond acceptors (Lipinski definition) is 8. The van der Waals surface area contributed by atoms with Crippen molar-refractivity contribution in [3.8, 4) is 11.4 Å². The molecule has 0 unspecified atom stereocenters. The Bertz CT molecular complexity index is 1050. The quantitative estimate of drug-likeness (QED) is 0.388. The van der Waals surface area contributed by atoms with E-state index in [1.165, 1.54) is 25.2 Å². The molecule has 0 radical (unpaired) electrons.